The van der Waals surface area contributed by atoms with E-state index in [-0.39, 0.29) is 118 Å². The Balaban J connectivity index is 1.13. The summed E-state index contributed by atoms with van der Waals surface area (Å²) in [5.74, 6) is -8.00. The SMILES string of the molecule is CCC(CCC(CCC(C)(CC(C)N1CCCCCC1=O)C(=O)OCCOC(=O)C(CCC(=O)OCCOc1ccc(C(=O)c2ccccc2)c(O)c1)(CCC(=O)OCCOc1ccc(C(=O)c2ccccc2)c(O)c1)C(C)=O)C(=O)OCCc1ccccc1)C(=O)OCCO. The highest BCUT2D eigenvalue weighted by atomic mass is 16.6. The fraction of sp³-hybridized carbons (Fsp3) is 0.459. The Bertz CT molecular complexity index is 3270. The van der Waals surface area contributed by atoms with Crippen LogP contribution in [0.4, 0.5) is 0 Å². The number of ketones is 3. The quantitative estimate of drug-likeness (QED) is 0.0108. The van der Waals surface area contributed by atoms with Crippen molar-refractivity contribution in [2.24, 2.45) is 22.7 Å². The number of aliphatic hydroxyl groups is 1. The van der Waals surface area contributed by atoms with Crippen LogP contribution in [0.25, 0.3) is 0 Å². The zero-order valence-corrected chi connectivity index (χ0v) is 55.2. The number of ether oxygens (including phenoxy) is 8. The van der Waals surface area contributed by atoms with Crippen LogP contribution in [0.2, 0.25) is 0 Å². The van der Waals surface area contributed by atoms with Gasteiger partial charge in [0, 0.05) is 61.5 Å². The van der Waals surface area contributed by atoms with E-state index in [9.17, 15) is 63.3 Å². The molecule has 1 fully saturated rings. The van der Waals surface area contributed by atoms with Crippen molar-refractivity contribution in [3.8, 4) is 23.0 Å². The van der Waals surface area contributed by atoms with Crippen LogP contribution in [0.5, 0.6) is 23.0 Å². The van der Waals surface area contributed by atoms with Crippen molar-refractivity contribution in [1.82, 2.24) is 4.90 Å². The largest absolute Gasteiger partial charge is 0.507 e. The van der Waals surface area contributed by atoms with Gasteiger partial charge < -0.3 is 58.1 Å². The van der Waals surface area contributed by atoms with E-state index in [4.69, 9.17) is 37.9 Å². The molecule has 516 valence electrons. The summed E-state index contributed by atoms with van der Waals surface area (Å²) < 4.78 is 44.7. The maximum absolute atomic E-state index is 14.6. The molecule has 4 atom stereocenters. The number of rotatable bonds is 41. The molecule has 22 heteroatoms. The molecule has 0 aromatic heterocycles. The number of phenolic OH excluding ortho intramolecular Hbond substituents is 2. The minimum atomic E-state index is -2.15. The molecule has 0 radical (unpaired) electrons. The number of hydrogen-bond acceptors (Lipinski definition) is 21. The zero-order valence-electron chi connectivity index (χ0n) is 55.2. The van der Waals surface area contributed by atoms with Crippen LogP contribution < -0.4 is 9.47 Å². The first-order chi connectivity index (χ1) is 46.2. The molecule has 1 aliphatic heterocycles. The van der Waals surface area contributed by atoms with Gasteiger partial charge in [-0.2, -0.15) is 0 Å². The molecule has 6 rings (SSSR count). The molecular formula is C74H89NO21. The standard InChI is InChI=1S/C74H89NO21/c1-5-54(69(85)94-41-39-76)25-26-57(70(86)93-40-34-53-18-10-6-11-19-53)31-35-73(4,50-51(2)75-38-17-9-16-24-64(75)80)71(87)95-46-47-96-72(88)74(52(3)77,36-32-65(81)91-44-42-89-58-27-29-60(62(78)48-58)67(83)55-20-12-7-13-21-55)37-33-66(82)92-45-43-90-59-28-30-61(63(79)49-59)68(84)56-22-14-8-15-23-56/h6-8,10-15,18-23,27-30,48-49,51,54,57,76,78-79H,5,9,16-17,24-26,31-47,50H2,1-4H3. The van der Waals surface area contributed by atoms with Crippen molar-refractivity contribution in [2.45, 2.75) is 130 Å². The van der Waals surface area contributed by atoms with Crippen LogP contribution in [-0.2, 0) is 73.2 Å². The average Bonchev–Trinajstić information content (AvgIpc) is 0.913. The van der Waals surface area contributed by atoms with Crippen LogP contribution in [0.3, 0.4) is 0 Å². The van der Waals surface area contributed by atoms with Gasteiger partial charge in [-0.3, -0.25) is 47.9 Å². The van der Waals surface area contributed by atoms with E-state index in [1.54, 1.807) is 72.5 Å². The number of hydrogen-bond donors (Lipinski definition) is 3. The lowest BCUT2D eigenvalue weighted by molar-refractivity contribution is -0.169. The lowest BCUT2D eigenvalue weighted by Crippen LogP contribution is -2.44. The number of esters is 6. The van der Waals surface area contributed by atoms with Gasteiger partial charge in [-0.05, 0) is 115 Å². The number of nitrogens with zero attached hydrogens (tertiary/aromatic N) is 1. The Kier molecular flexibility index (Phi) is 30.6. The monoisotopic (exact) mass is 1330 g/mol. The highest BCUT2D eigenvalue weighted by molar-refractivity contribution is 6.11. The molecule has 96 heavy (non-hydrogen) atoms. The number of Topliss-reactive ketones (excluding diaryl/α,β-unsaturated/α-hetero) is 1. The smallest absolute Gasteiger partial charge is 0.319 e. The Morgan fingerprint density at radius 3 is 1.54 bits per heavy atom. The number of aliphatic hydroxyl groups excluding tert-OH is 1. The van der Waals surface area contributed by atoms with Gasteiger partial charge in [0.2, 0.25) is 5.91 Å². The second-order valence-corrected chi connectivity index (χ2v) is 24.0. The van der Waals surface area contributed by atoms with Crippen molar-refractivity contribution in [1.29, 1.82) is 0 Å². The molecule has 1 amide bonds. The second-order valence-electron chi connectivity index (χ2n) is 24.0. The first-order valence-electron chi connectivity index (χ1n) is 32.7. The first kappa shape index (κ1) is 75.6. The predicted molar refractivity (Wildman–Crippen MR) is 350 cm³/mol. The van der Waals surface area contributed by atoms with Gasteiger partial charge in [0.15, 0.2) is 11.6 Å². The van der Waals surface area contributed by atoms with Crippen molar-refractivity contribution in [2.75, 3.05) is 66.0 Å². The third-order valence-electron chi connectivity index (χ3n) is 17.1. The maximum Gasteiger partial charge on any atom is 0.319 e. The minimum absolute atomic E-state index is 0.0462. The third kappa shape index (κ3) is 23.2. The van der Waals surface area contributed by atoms with Gasteiger partial charge in [0.25, 0.3) is 0 Å². The molecule has 0 saturated carbocycles. The highest BCUT2D eigenvalue weighted by Crippen LogP contribution is 2.38. The number of carbonyl (C=O) groups excluding carboxylic acids is 10. The summed E-state index contributed by atoms with van der Waals surface area (Å²) in [4.78, 5) is 138. The lowest BCUT2D eigenvalue weighted by Gasteiger charge is -2.36. The maximum atomic E-state index is 14.6. The van der Waals surface area contributed by atoms with Gasteiger partial charge in [0.1, 0.15) is 80.4 Å². The summed E-state index contributed by atoms with van der Waals surface area (Å²) in [5.41, 5.74) is -1.73. The molecule has 4 unspecified atom stereocenters. The van der Waals surface area contributed by atoms with Crippen molar-refractivity contribution < 1.29 is 101 Å². The number of carbonyl (C=O) groups is 10. The Morgan fingerprint density at radius 1 is 0.542 bits per heavy atom. The number of likely N-dealkylation sites (tertiary alicyclic amines) is 1. The normalized spacial score (nSPS) is 13.9. The van der Waals surface area contributed by atoms with E-state index < -0.39 is 121 Å². The molecule has 3 N–H and O–H groups in total. The topological polar surface area (TPSA) is 308 Å². The Labute approximate surface area is 559 Å². The zero-order chi connectivity index (χ0) is 69.5. The fourth-order valence-corrected chi connectivity index (χ4v) is 11.5. The minimum Gasteiger partial charge on any atom is -0.507 e. The van der Waals surface area contributed by atoms with Gasteiger partial charge in [-0.15, -0.1) is 0 Å². The fourth-order valence-electron chi connectivity index (χ4n) is 11.5. The van der Waals surface area contributed by atoms with E-state index in [0.717, 1.165) is 31.7 Å². The predicted octanol–water partition coefficient (Wildman–Crippen LogP) is 10.0. The Hall–Kier alpha value is -9.44. The van der Waals surface area contributed by atoms with Crippen molar-refractivity contribution in [3.05, 3.63) is 155 Å². The summed E-state index contributed by atoms with van der Waals surface area (Å²) >= 11 is 0. The molecule has 1 heterocycles. The van der Waals surface area contributed by atoms with Crippen LogP contribution in [0, 0.1) is 22.7 Å². The molecule has 1 aliphatic rings. The van der Waals surface area contributed by atoms with Crippen molar-refractivity contribution in [3.63, 3.8) is 0 Å². The third-order valence-corrected chi connectivity index (χ3v) is 17.1. The summed E-state index contributed by atoms with van der Waals surface area (Å²) in [6, 6.07) is 33.9. The molecule has 0 spiro atoms. The summed E-state index contributed by atoms with van der Waals surface area (Å²) in [6.45, 7) is 4.30. The Morgan fingerprint density at radius 2 is 1.03 bits per heavy atom. The highest BCUT2D eigenvalue weighted by Gasteiger charge is 2.46. The van der Waals surface area contributed by atoms with Crippen molar-refractivity contribution >= 4 is 59.1 Å². The van der Waals surface area contributed by atoms with Crippen LogP contribution in [-0.4, -0.2) is 151 Å². The number of phenols is 2. The molecule has 1 saturated heterocycles. The molecule has 0 bridgehead atoms. The molecule has 0 aliphatic carbocycles. The van der Waals surface area contributed by atoms with Gasteiger partial charge in [0.05, 0.1) is 41.6 Å². The van der Waals surface area contributed by atoms with Gasteiger partial charge >= 0.3 is 35.8 Å². The van der Waals surface area contributed by atoms with E-state index in [1.165, 1.54) is 36.4 Å². The number of amides is 1. The van der Waals surface area contributed by atoms with Crippen LogP contribution in [0.1, 0.15) is 155 Å². The van der Waals surface area contributed by atoms with E-state index >= 15 is 0 Å². The van der Waals surface area contributed by atoms with E-state index in [2.05, 4.69) is 0 Å². The summed E-state index contributed by atoms with van der Waals surface area (Å²) in [6.07, 6.45) is 2.17. The molecule has 22 nitrogen and oxygen atoms in total. The molecule has 5 aromatic carbocycles. The average molecular weight is 1330 g/mol. The van der Waals surface area contributed by atoms with E-state index in [0.29, 0.717) is 36.9 Å². The molecular weight excluding hydrogens is 1240 g/mol. The van der Waals surface area contributed by atoms with Gasteiger partial charge in [-0.1, -0.05) is 104 Å². The number of benzene rings is 5. The lowest BCUT2D eigenvalue weighted by atomic mass is 9.75. The number of aromatic hydroxyl groups is 2. The summed E-state index contributed by atoms with van der Waals surface area (Å²) in [5, 5.41) is 30.6. The van der Waals surface area contributed by atoms with Crippen LogP contribution >= 0.6 is 0 Å². The van der Waals surface area contributed by atoms with E-state index in [1.807, 2.05) is 44.2 Å². The summed E-state index contributed by atoms with van der Waals surface area (Å²) in [7, 11) is 0. The first-order valence-corrected chi connectivity index (χ1v) is 32.7. The molecule has 5 aromatic rings. The van der Waals surface area contributed by atoms with Gasteiger partial charge in [-0.25, -0.2) is 0 Å². The second kappa shape index (κ2) is 38.8. The van der Waals surface area contributed by atoms with Crippen LogP contribution in [0.15, 0.2) is 127 Å².